The van der Waals surface area contributed by atoms with Crippen LogP contribution in [0.15, 0.2) is 35.2 Å². The number of aromatic nitrogens is 1. The summed E-state index contributed by atoms with van der Waals surface area (Å²) in [5.41, 5.74) is 5.02. The molecule has 0 aliphatic heterocycles. The van der Waals surface area contributed by atoms with E-state index in [2.05, 4.69) is 9.71 Å². The monoisotopic (exact) mass is 335 g/mol. The van der Waals surface area contributed by atoms with Crippen LogP contribution in [0, 0.1) is 5.82 Å². The van der Waals surface area contributed by atoms with Gasteiger partial charge in [-0.05, 0) is 24.3 Å². The second-order valence-corrected chi connectivity index (χ2v) is 6.20. The predicted molar refractivity (Wildman–Crippen MR) is 75.9 cm³/mol. The molecule has 2 rings (SSSR count). The molecule has 106 valence electrons. The number of hydrogen-bond donors (Lipinski definition) is 2. The third-order valence-corrected chi connectivity index (χ3v) is 4.32. The first-order chi connectivity index (χ1) is 9.29. The van der Waals surface area contributed by atoms with Crippen molar-refractivity contribution in [3.63, 3.8) is 0 Å². The lowest BCUT2D eigenvalue weighted by Crippen LogP contribution is -2.15. The molecule has 0 saturated heterocycles. The van der Waals surface area contributed by atoms with Gasteiger partial charge in [0.15, 0.2) is 0 Å². The molecule has 0 atom stereocenters. The molecule has 0 saturated carbocycles. The number of halogens is 3. The number of hydrogen-bond acceptors (Lipinski definition) is 4. The lowest BCUT2D eigenvalue weighted by molar-refractivity contribution is 0.600. The first-order valence-electron chi connectivity index (χ1n) is 5.19. The van der Waals surface area contributed by atoms with Gasteiger partial charge in [0.2, 0.25) is 0 Å². The number of pyridine rings is 1. The summed E-state index contributed by atoms with van der Waals surface area (Å²) < 4.78 is 39.6. The molecule has 0 aliphatic carbocycles. The zero-order chi connectivity index (χ0) is 14.9. The highest BCUT2D eigenvalue weighted by Crippen LogP contribution is 2.27. The van der Waals surface area contributed by atoms with Crippen molar-refractivity contribution in [1.29, 1.82) is 0 Å². The SMILES string of the molecule is Nc1cc(S(=O)(=O)Nc2cccc(Cl)n2)c(Cl)cc1F. The second-order valence-electron chi connectivity index (χ2n) is 3.76. The van der Waals surface area contributed by atoms with Crippen molar-refractivity contribution >= 4 is 44.7 Å². The van der Waals surface area contributed by atoms with E-state index in [1.165, 1.54) is 18.2 Å². The zero-order valence-electron chi connectivity index (χ0n) is 9.77. The minimum atomic E-state index is -4.05. The maximum atomic E-state index is 13.2. The largest absolute Gasteiger partial charge is 0.396 e. The van der Waals surface area contributed by atoms with Crippen LogP contribution in [0.5, 0.6) is 0 Å². The first kappa shape index (κ1) is 14.8. The molecule has 1 aromatic carbocycles. The van der Waals surface area contributed by atoms with Crippen molar-refractivity contribution in [2.75, 3.05) is 10.5 Å². The number of anilines is 2. The van der Waals surface area contributed by atoms with E-state index in [1.807, 2.05) is 0 Å². The fourth-order valence-electron chi connectivity index (χ4n) is 1.41. The maximum absolute atomic E-state index is 13.2. The van der Waals surface area contributed by atoms with Crippen molar-refractivity contribution in [3.8, 4) is 0 Å². The van der Waals surface area contributed by atoms with Gasteiger partial charge in [0.25, 0.3) is 10.0 Å². The lowest BCUT2D eigenvalue weighted by atomic mass is 10.3. The molecule has 0 amide bonds. The Bertz CT molecular complexity index is 768. The van der Waals surface area contributed by atoms with E-state index < -0.39 is 15.8 Å². The zero-order valence-corrected chi connectivity index (χ0v) is 12.1. The van der Waals surface area contributed by atoms with Gasteiger partial charge in [-0.25, -0.2) is 17.8 Å². The number of sulfonamides is 1. The van der Waals surface area contributed by atoms with Crippen LogP contribution in [0.3, 0.4) is 0 Å². The fraction of sp³-hybridized carbons (Fsp3) is 0. The van der Waals surface area contributed by atoms with E-state index in [0.29, 0.717) is 0 Å². The summed E-state index contributed by atoms with van der Waals surface area (Å²) in [6, 6.07) is 6.18. The summed E-state index contributed by atoms with van der Waals surface area (Å²) in [5, 5.41) is -0.166. The number of rotatable bonds is 3. The molecule has 0 aliphatic rings. The summed E-state index contributed by atoms with van der Waals surface area (Å²) in [7, 11) is -4.05. The van der Waals surface area contributed by atoms with E-state index in [1.54, 1.807) is 0 Å². The quantitative estimate of drug-likeness (QED) is 0.667. The van der Waals surface area contributed by atoms with Gasteiger partial charge in [0.1, 0.15) is 21.7 Å². The second kappa shape index (κ2) is 5.43. The molecule has 0 radical (unpaired) electrons. The van der Waals surface area contributed by atoms with E-state index in [-0.39, 0.29) is 26.6 Å². The molecule has 0 spiro atoms. The summed E-state index contributed by atoms with van der Waals surface area (Å²) in [6.45, 7) is 0. The molecular formula is C11H8Cl2FN3O2S. The Morgan fingerprint density at radius 1 is 1.25 bits per heavy atom. The minimum Gasteiger partial charge on any atom is -0.396 e. The highest BCUT2D eigenvalue weighted by Gasteiger charge is 2.20. The Hall–Kier alpha value is -1.57. The number of nitrogens with two attached hydrogens (primary N) is 1. The Morgan fingerprint density at radius 3 is 2.60 bits per heavy atom. The molecule has 9 heteroatoms. The topological polar surface area (TPSA) is 85.1 Å². The summed E-state index contributed by atoms with van der Waals surface area (Å²) in [6.07, 6.45) is 0. The van der Waals surface area contributed by atoms with Gasteiger partial charge in [0, 0.05) is 0 Å². The maximum Gasteiger partial charge on any atom is 0.264 e. The molecule has 0 fully saturated rings. The van der Waals surface area contributed by atoms with Crippen molar-refractivity contribution < 1.29 is 12.8 Å². The molecule has 1 aromatic heterocycles. The minimum absolute atomic E-state index is 0.0106. The van der Waals surface area contributed by atoms with Gasteiger partial charge >= 0.3 is 0 Å². The smallest absolute Gasteiger partial charge is 0.264 e. The molecule has 1 heterocycles. The van der Waals surface area contributed by atoms with Crippen molar-refractivity contribution in [2.24, 2.45) is 0 Å². The normalized spacial score (nSPS) is 11.3. The average Bonchev–Trinajstić information content (AvgIpc) is 2.33. The molecule has 3 N–H and O–H groups in total. The van der Waals surface area contributed by atoms with Crippen LogP contribution in [0.4, 0.5) is 15.9 Å². The highest BCUT2D eigenvalue weighted by atomic mass is 35.5. The first-order valence-corrected chi connectivity index (χ1v) is 7.43. The lowest BCUT2D eigenvalue weighted by Gasteiger charge is -2.10. The number of benzene rings is 1. The molecule has 5 nitrogen and oxygen atoms in total. The third-order valence-electron chi connectivity index (χ3n) is 2.29. The number of nitrogens with one attached hydrogen (secondary N) is 1. The Kier molecular flexibility index (Phi) is 4.03. The van der Waals surface area contributed by atoms with E-state index >= 15 is 0 Å². The third kappa shape index (κ3) is 3.12. The van der Waals surface area contributed by atoms with Crippen LogP contribution in [-0.4, -0.2) is 13.4 Å². The standard InChI is InChI=1S/C11H8Cl2FN3O2S/c12-6-4-7(14)8(15)5-9(6)20(18,19)17-11-3-1-2-10(13)16-11/h1-5H,15H2,(H,16,17). The Balaban J connectivity index is 2.43. The van der Waals surface area contributed by atoms with Gasteiger partial charge < -0.3 is 5.73 Å². The van der Waals surface area contributed by atoms with Gasteiger partial charge in [-0.2, -0.15) is 0 Å². The highest BCUT2D eigenvalue weighted by molar-refractivity contribution is 7.92. The van der Waals surface area contributed by atoms with Crippen molar-refractivity contribution in [3.05, 3.63) is 46.3 Å². The summed E-state index contributed by atoms with van der Waals surface area (Å²) in [5.74, 6) is -0.786. The van der Waals surface area contributed by atoms with Crippen molar-refractivity contribution in [1.82, 2.24) is 4.98 Å². The molecular weight excluding hydrogens is 328 g/mol. The molecule has 0 unspecified atom stereocenters. The van der Waals surface area contributed by atoms with Gasteiger partial charge in [-0.3, -0.25) is 4.72 Å². The average molecular weight is 336 g/mol. The molecule has 0 bridgehead atoms. The van der Waals surface area contributed by atoms with Crippen LogP contribution in [0.2, 0.25) is 10.2 Å². The molecule has 2 aromatic rings. The van der Waals surface area contributed by atoms with E-state index in [4.69, 9.17) is 28.9 Å². The van der Waals surface area contributed by atoms with Gasteiger partial charge in [-0.15, -0.1) is 0 Å². The van der Waals surface area contributed by atoms with Crippen LogP contribution >= 0.6 is 23.2 Å². The van der Waals surface area contributed by atoms with Crippen molar-refractivity contribution in [2.45, 2.75) is 4.90 Å². The Labute approximate surface area is 124 Å². The van der Waals surface area contributed by atoms with Crippen LogP contribution in [0.25, 0.3) is 0 Å². The predicted octanol–water partition coefficient (Wildman–Crippen LogP) is 2.91. The summed E-state index contributed by atoms with van der Waals surface area (Å²) in [4.78, 5) is 3.43. The molecule has 20 heavy (non-hydrogen) atoms. The Morgan fingerprint density at radius 2 is 1.95 bits per heavy atom. The van der Waals surface area contributed by atoms with E-state index in [0.717, 1.165) is 12.1 Å². The number of nitrogens with zero attached hydrogens (tertiary/aromatic N) is 1. The van der Waals surface area contributed by atoms with Gasteiger partial charge in [-0.1, -0.05) is 29.3 Å². The van der Waals surface area contributed by atoms with E-state index in [9.17, 15) is 12.8 Å². The van der Waals surface area contributed by atoms with Crippen LogP contribution < -0.4 is 10.5 Å². The van der Waals surface area contributed by atoms with Crippen LogP contribution in [-0.2, 0) is 10.0 Å². The number of nitrogen functional groups attached to an aromatic ring is 1. The van der Waals surface area contributed by atoms with Crippen LogP contribution in [0.1, 0.15) is 0 Å². The summed E-state index contributed by atoms with van der Waals surface area (Å²) >= 11 is 11.4. The van der Waals surface area contributed by atoms with Gasteiger partial charge in [0.05, 0.1) is 10.7 Å². The fourth-order valence-corrected chi connectivity index (χ4v) is 3.12.